The fraction of sp³-hybridized carbons (Fsp3) is 0.250. The van der Waals surface area contributed by atoms with E-state index in [1.165, 1.54) is 0 Å². The molecule has 5 N–H and O–H groups in total. The Morgan fingerprint density at radius 2 is 1.75 bits per heavy atom. The number of methoxy groups -OCH3 is 1. The highest BCUT2D eigenvalue weighted by molar-refractivity contribution is 5.96. The van der Waals surface area contributed by atoms with Crippen LogP contribution in [0.2, 0.25) is 0 Å². The van der Waals surface area contributed by atoms with Crippen molar-refractivity contribution in [2.24, 2.45) is 5.73 Å². The minimum absolute atomic E-state index is 0.117. The summed E-state index contributed by atoms with van der Waals surface area (Å²) < 4.78 is 5.13. The van der Waals surface area contributed by atoms with E-state index < -0.39 is 11.9 Å². The molecule has 0 bridgehead atoms. The molecule has 0 fully saturated rings. The van der Waals surface area contributed by atoms with E-state index in [1.807, 2.05) is 0 Å². The molecule has 0 aromatic heterocycles. The topological polar surface area (TPSA) is 115 Å². The zero-order chi connectivity index (χ0) is 20.7. The van der Waals surface area contributed by atoms with E-state index in [0.717, 1.165) is 4.90 Å². The summed E-state index contributed by atoms with van der Waals surface area (Å²) in [6.45, 7) is 1.85. The molecule has 0 saturated carbocycles. The maximum Gasteiger partial charge on any atom is 0.282 e. The normalized spacial score (nSPS) is 12.5. The number of anilines is 2. The van der Waals surface area contributed by atoms with Crippen LogP contribution in [-0.2, 0) is 9.59 Å². The smallest absolute Gasteiger partial charge is 0.282 e. The molecule has 28 heavy (non-hydrogen) atoms. The van der Waals surface area contributed by atoms with Crippen molar-refractivity contribution in [2.45, 2.75) is 13.0 Å². The number of ether oxygens (including phenoxy) is 1. The fourth-order valence-electron chi connectivity index (χ4n) is 2.50. The summed E-state index contributed by atoms with van der Waals surface area (Å²) in [7, 11) is 3.33. The summed E-state index contributed by atoms with van der Waals surface area (Å²) in [4.78, 5) is 36.5. The van der Waals surface area contributed by atoms with Crippen molar-refractivity contribution in [1.29, 1.82) is 0 Å². The number of amides is 3. The average Bonchev–Trinajstić information content (AvgIpc) is 2.67. The maximum atomic E-state index is 12.4. The first kappa shape index (κ1) is 20.9. The third-order valence-corrected chi connectivity index (χ3v) is 4.36. The lowest BCUT2D eigenvalue weighted by molar-refractivity contribution is -0.885. The molecule has 0 spiro atoms. The van der Waals surface area contributed by atoms with Crippen LogP contribution in [0.5, 0.6) is 5.75 Å². The number of hydrogen-bond donors (Lipinski definition) is 4. The van der Waals surface area contributed by atoms with E-state index in [9.17, 15) is 14.4 Å². The molecule has 2 aromatic carbocycles. The van der Waals surface area contributed by atoms with E-state index >= 15 is 0 Å². The Balaban J connectivity index is 1.89. The second-order valence-corrected chi connectivity index (χ2v) is 6.46. The lowest BCUT2D eigenvalue weighted by Gasteiger charge is -2.20. The number of likely N-dealkylation sites (N-methyl/N-ethyl adjacent to an activating group) is 1. The van der Waals surface area contributed by atoms with Gasteiger partial charge in [0.1, 0.15) is 5.75 Å². The Kier molecular flexibility index (Phi) is 7.11. The van der Waals surface area contributed by atoms with E-state index in [1.54, 1.807) is 69.6 Å². The number of nitrogens with one attached hydrogen (secondary N) is 3. The predicted molar refractivity (Wildman–Crippen MR) is 106 cm³/mol. The molecule has 8 nitrogen and oxygen atoms in total. The van der Waals surface area contributed by atoms with Crippen molar-refractivity contribution < 1.29 is 24.0 Å². The van der Waals surface area contributed by atoms with Crippen LogP contribution in [-0.4, -0.2) is 44.5 Å². The van der Waals surface area contributed by atoms with Crippen LogP contribution in [0.25, 0.3) is 0 Å². The first-order valence-corrected chi connectivity index (χ1v) is 8.77. The van der Waals surface area contributed by atoms with Gasteiger partial charge in [0.2, 0.25) is 5.91 Å². The van der Waals surface area contributed by atoms with E-state index in [-0.39, 0.29) is 18.4 Å². The van der Waals surface area contributed by atoms with Gasteiger partial charge in [-0.25, -0.2) is 0 Å². The number of rotatable bonds is 8. The van der Waals surface area contributed by atoms with Crippen molar-refractivity contribution in [2.75, 3.05) is 31.3 Å². The summed E-state index contributed by atoms with van der Waals surface area (Å²) in [5.74, 6) is -0.333. The molecule has 0 aliphatic heterocycles. The van der Waals surface area contributed by atoms with Crippen LogP contribution >= 0.6 is 0 Å². The highest BCUT2D eigenvalue weighted by Crippen LogP contribution is 2.16. The molecule has 3 amide bonds. The standard InChI is InChI=1S/C20H24N4O4/c1-13(20(27)23-15-9-7-14(8-10-15)19(21)26)24(2)12-18(25)22-16-5-4-6-17(11-16)28-3/h4-11,13H,12H2,1-3H3,(H2,21,26)(H,22,25)(H,23,27)/p+1/t13-/m1/s1. The Bertz CT molecular complexity index is 852. The predicted octanol–water partition coefficient (Wildman–Crippen LogP) is 0.275. The number of hydrogen-bond acceptors (Lipinski definition) is 4. The lowest BCUT2D eigenvalue weighted by Crippen LogP contribution is -3.14. The highest BCUT2D eigenvalue weighted by atomic mass is 16.5. The van der Waals surface area contributed by atoms with Gasteiger partial charge in [0.15, 0.2) is 12.6 Å². The maximum absolute atomic E-state index is 12.4. The van der Waals surface area contributed by atoms with Gasteiger partial charge < -0.3 is 26.0 Å². The number of nitrogens with two attached hydrogens (primary N) is 1. The van der Waals surface area contributed by atoms with Gasteiger partial charge >= 0.3 is 0 Å². The van der Waals surface area contributed by atoms with Crippen LogP contribution in [0.15, 0.2) is 48.5 Å². The van der Waals surface area contributed by atoms with Gasteiger partial charge in [0.25, 0.3) is 11.8 Å². The van der Waals surface area contributed by atoms with Crippen molar-refractivity contribution in [3.05, 3.63) is 54.1 Å². The molecule has 2 atom stereocenters. The second kappa shape index (κ2) is 9.52. The molecular weight excluding hydrogens is 360 g/mol. The molecule has 148 valence electrons. The highest BCUT2D eigenvalue weighted by Gasteiger charge is 2.24. The summed E-state index contributed by atoms with van der Waals surface area (Å²) in [6, 6.07) is 12.9. The monoisotopic (exact) mass is 385 g/mol. The minimum atomic E-state index is -0.530. The zero-order valence-electron chi connectivity index (χ0n) is 16.1. The van der Waals surface area contributed by atoms with Gasteiger partial charge in [-0.1, -0.05) is 6.07 Å². The third kappa shape index (κ3) is 5.82. The van der Waals surface area contributed by atoms with Gasteiger partial charge in [-0.15, -0.1) is 0 Å². The quantitative estimate of drug-likeness (QED) is 0.522. The Hall–Kier alpha value is -3.39. The molecule has 1 unspecified atom stereocenters. The lowest BCUT2D eigenvalue weighted by atomic mass is 10.2. The molecule has 0 aliphatic carbocycles. The molecule has 8 heteroatoms. The average molecular weight is 385 g/mol. The van der Waals surface area contributed by atoms with Gasteiger partial charge in [-0.3, -0.25) is 14.4 Å². The van der Waals surface area contributed by atoms with Crippen LogP contribution in [0.1, 0.15) is 17.3 Å². The summed E-state index contributed by atoms with van der Waals surface area (Å²) in [6.07, 6.45) is 0. The number of primary amides is 1. The van der Waals surface area contributed by atoms with E-state index in [2.05, 4.69) is 10.6 Å². The largest absolute Gasteiger partial charge is 0.497 e. The van der Waals surface area contributed by atoms with Crippen molar-refractivity contribution in [3.8, 4) is 5.75 Å². The van der Waals surface area contributed by atoms with Gasteiger partial charge in [-0.2, -0.15) is 0 Å². The molecule has 2 aromatic rings. The van der Waals surface area contributed by atoms with Crippen molar-refractivity contribution in [1.82, 2.24) is 0 Å². The zero-order valence-corrected chi connectivity index (χ0v) is 16.1. The Morgan fingerprint density at radius 3 is 2.36 bits per heavy atom. The molecule has 2 rings (SSSR count). The first-order chi connectivity index (χ1) is 13.3. The molecule has 0 heterocycles. The molecule has 0 radical (unpaired) electrons. The Morgan fingerprint density at radius 1 is 1.07 bits per heavy atom. The number of quaternary nitrogens is 1. The van der Waals surface area contributed by atoms with Gasteiger partial charge in [0.05, 0.1) is 14.2 Å². The first-order valence-electron chi connectivity index (χ1n) is 8.77. The van der Waals surface area contributed by atoms with Crippen LogP contribution in [0, 0.1) is 0 Å². The fourth-order valence-corrected chi connectivity index (χ4v) is 2.50. The third-order valence-electron chi connectivity index (χ3n) is 4.36. The minimum Gasteiger partial charge on any atom is -0.497 e. The molecular formula is C20H25N4O4+. The molecule has 0 aliphatic rings. The second-order valence-electron chi connectivity index (χ2n) is 6.46. The van der Waals surface area contributed by atoms with E-state index in [4.69, 9.17) is 10.5 Å². The number of benzene rings is 2. The molecule has 0 saturated heterocycles. The van der Waals surface area contributed by atoms with Crippen LogP contribution in [0.3, 0.4) is 0 Å². The van der Waals surface area contributed by atoms with Crippen LogP contribution in [0.4, 0.5) is 11.4 Å². The summed E-state index contributed by atoms with van der Waals surface area (Å²) in [5, 5.41) is 5.56. The summed E-state index contributed by atoms with van der Waals surface area (Å²) in [5.41, 5.74) is 6.74. The number of carbonyl (C=O) groups excluding carboxylic acids is 3. The summed E-state index contributed by atoms with van der Waals surface area (Å²) >= 11 is 0. The van der Waals surface area contributed by atoms with Crippen molar-refractivity contribution >= 4 is 29.1 Å². The van der Waals surface area contributed by atoms with Crippen molar-refractivity contribution in [3.63, 3.8) is 0 Å². The van der Waals surface area contributed by atoms with E-state index in [0.29, 0.717) is 22.7 Å². The van der Waals surface area contributed by atoms with Gasteiger partial charge in [0, 0.05) is 23.0 Å². The van der Waals surface area contributed by atoms with Gasteiger partial charge in [-0.05, 0) is 43.3 Å². The van der Waals surface area contributed by atoms with Crippen LogP contribution < -0.4 is 26.0 Å². The SMILES string of the molecule is COc1cccc(NC(=O)C[NH+](C)[C@H](C)C(=O)Nc2ccc(C(N)=O)cc2)c1. The Labute approximate surface area is 163 Å². The number of carbonyl (C=O) groups is 3.